The average Bonchev–Trinajstić information content (AvgIpc) is 2.68. The Morgan fingerprint density at radius 2 is 1.67 bits per heavy atom. The van der Waals surface area contributed by atoms with Crippen LogP contribution in [0.15, 0.2) is 54.7 Å². The molecule has 6 nitrogen and oxygen atoms in total. The topological polar surface area (TPSA) is 68.3 Å². The second-order valence-corrected chi connectivity index (χ2v) is 6.33. The number of methoxy groups -OCH3 is 2. The van der Waals surface area contributed by atoms with Crippen LogP contribution in [-0.2, 0) is 0 Å². The van der Waals surface area contributed by atoms with Crippen molar-refractivity contribution in [3.05, 3.63) is 60.3 Å². The van der Waals surface area contributed by atoms with Crippen molar-refractivity contribution in [3.63, 3.8) is 0 Å². The smallest absolute Gasteiger partial charge is 0.229 e. The summed E-state index contributed by atoms with van der Waals surface area (Å²) in [5.41, 5.74) is 3.08. The van der Waals surface area contributed by atoms with E-state index >= 15 is 0 Å². The Hall–Kier alpha value is -3.28. The molecule has 0 aliphatic rings. The van der Waals surface area contributed by atoms with Crippen LogP contribution < -0.4 is 20.1 Å². The van der Waals surface area contributed by atoms with Crippen LogP contribution in [0, 0.1) is 0 Å². The van der Waals surface area contributed by atoms with Gasteiger partial charge >= 0.3 is 0 Å². The average molecular weight is 364 g/mol. The molecule has 0 aliphatic carbocycles. The second kappa shape index (κ2) is 8.40. The summed E-state index contributed by atoms with van der Waals surface area (Å²) in [4.78, 5) is 8.89. The Bertz CT molecular complexity index is 912. The molecule has 2 N–H and O–H groups in total. The van der Waals surface area contributed by atoms with Crippen LogP contribution >= 0.6 is 0 Å². The Kier molecular flexibility index (Phi) is 5.76. The molecule has 0 amide bonds. The minimum absolute atomic E-state index is 0.404. The Morgan fingerprint density at radius 3 is 2.41 bits per heavy atom. The number of para-hydroxylation sites is 1. The first-order chi connectivity index (χ1) is 13.1. The molecule has 3 rings (SSSR count). The summed E-state index contributed by atoms with van der Waals surface area (Å²) < 4.78 is 10.6. The number of aromatic nitrogens is 2. The molecule has 0 atom stereocenters. The summed E-state index contributed by atoms with van der Waals surface area (Å²) in [5.74, 6) is 2.95. The van der Waals surface area contributed by atoms with Crippen molar-refractivity contribution in [3.8, 4) is 11.5 Å². The van der Waals surface area contributed by atoms with Crippen LogP contribution in [0.3, 0.4) is 0 Å². The highest BCUT2D eigenvalue weighted by atomic mass is 16.5. The molecular weight excluding hydrogens is 340 g/mol. The van der Waals surface area contributed by atoms with Crippen LogP contribution in [0.4, 0.5) is 23.1 Å². The largest absolute Gasteiger partial charge is 0.493 e. The lowest BCUT2D eigenvalue weighted by Gasteiger charge is -2.14. The second-order valence-electron chi connectivity index (χ2n) is 6.33. The van der Waals surface area contributed by atoms with Crippen molar-refractivity contribution < 1.29 is 9.47 Å². The molecule has 0 fully saturated rings. The molecule has 3 aromatic rings. The van der Waals surface area contributed by atoms with Gasteiger partial charge < -0.3 is 20.1 Å². The minimum Gasteiger partial charge on any atom is -0.493 e. The van der Waals surface area contributed by atoms with Crippen molar-refractivity contribution >= 4 is 23.1 Å². The van der Waals surface area contributed by atoms with Crippen molar-refractivity contribution in [1.29, 1.82) is 0 Å². The van der Waals surface area contributed by atoms with Crippen molar-refractivity contribution in [2.75, 3.05) is 24.9 Å². The van der Waals surface area contributed by atoms with E-state index in [-0.39, 0.29) is 0 Å². The van der Waals surface area contributed by atoms with Crippen LogP contribution in [0.1, 0.15) is 25.3 Å². The Morgan fingerprint density at radius 1 is 0.889 bits per heavy atom. The van der Waals surface area contributed by atoms with Gasteiger partial charge in [-0.05, 0) is 35.7 Å². The molecule has 6 heteroatoms. The van der Waals surface area contributed by atoms with Gasteiger partial charge in [0.05, 0.1) is 14.2 Å². The molecule has 0 saturated carbocycles. The van der Waals surface area contributed by atoms with Gasteiger partial charge in [0.1, 0.15) is 5.82 Å². The van der Waals surface area contributed by atoms with E-state index in [0.29, 0.717) is 29.2 Å². The predicted molar refractivity (Wildman–Crippen MR) is 109 cm³/mol. The zero-order valence-corrected chi connectivity index (χ0v) is 16.0. The van der Waals surface area contributed by atoms with Crippen LogP contribution in [-0.4, -0.2) is 24.2 Å². The highest BCUT2D eigenvalue weighted by Crippen LogP contribution is 2.31. The lowest BCUT2D eigenvalue weighted by molar-refractivity contribution is 0.355. The Balaban J connectivity index is 1.80. The Labute approximate surface area is 159 Å². The molecule has 140 valence electrons. The van der Waals surface area contributed by atoms with Crippen molar-refractivity contribution in [1.82, 2.24) is 9.97 Å². The van der Waals surface area contributed by atoms with Gasteiger partial charge in [0, 0.05) is 23.6 Å². The molecule has 27 heavy (non-hydrogen) atoms. The fraction of sp³-hybridized carbons (Fsp3) is 0.238. The van der Waals surface area contributed by atoms with E-state index in [4.69, 9.17) is 9.47 Å². The summed E-state index contributed by atoms with van der Waals surface area (Å²) in [6.07, 6.45) is 1.72. The molecule has 0 radical (unpaired) electrons. The van der Waals surface area contributed by atoms with Gasteiger partial charge in [-0.3, -0.25) is 0 Å². The molecule has 0 bridgehead atoms. The molecule has 2 aromatic carbocycles. The standard InChI is InChI=1S/C21H24N4O2/c1-14(2)16-7-5-6-8-17(16)24-21-22-12-11-20(25-21)23-15-9-10-18(26-3)19(13-15)27-4/h5-14H,1-4H3,(H2,22,23,24,25). The third kappa shape index (κ3) is 4.47. The van der Waals surface area contributed by atoms with Crippen LogP contribution in [0.2, 0.25) is 0 Å². The van der Waals surface area contributed by atoms with E-state index in [0.717, 1.165) is 11.4 Å². The fourth-order valence-electron chi connectivity index (χ4n) is 2.79. The van der Waals surface area contributed by atoms with E-state index in [9.17, 15) is 0 Å². The first-order valence-corrected chi connectivity index (χ1v) is 8.78. The van der Waals surface area contributed by atoms with Gasteiger partial charge in [-0.2, -0.15) is 4.98 Å². The number of nitrogens with zero attached hydrogens (tertiary/aromatic N) is 2. The lowest BCUT2D eigenvalue weighted by Crippen LogP contribution is -2.03. The normalized spacial score (nSPS) is 10.6. The number of rotatable bonds is 7. The van der Waals surface area contributed by atoms with E-state index < -0.39 is 0 Å². The van der Waals surface area contributed by atoms with Gasteiger partial charge in [-0.25, -0.2) is 4.98 Å². The first-order valence-electron chi connectivity index (χ1n) is 8.78. The lowest BCUT2D eigenvalue weighted by atomic mass is 10.0. The monoisotopic (exact) mass is 364 g/mol. The summed E-state index contributed by atoms with van der Waals surface area (Å²) in [6.45, 7) is 4.33. The maximum Gasteiger partial charge on any atom is 0.229 e. The number of ether oxygens (including phenoxy) is 2. The van der Waals surface area contributed by atoms with E-state index in [2.05, 4.69) is 40.5 Å². The van der Waals surface area contributed by atoms with Gasteiger partial charge in [0.15, 0.2) is 11.5 Å². The number of hydrogen-bond donors (Lipinski definition) is 2. The molecule has 1 aromatic heterocycles. The summed E-state index contributed by atoms with van der Waals surface area (Å²) in [6, 6.07) is 15.6. The van der Waals surface area contributed by atoms with E-state index in [1.54, 1.807) is 20.4 Å². The molecule has 0 aliphatic heterocycles. The molecule has 1 heterocycles. The number of benzene rings is 2. The molecular formula is C21H24N4O2. The summed E-state index contributed by atoms with van der Waals surface area (Å²) in [5, 5.41) is 6.58. The fourth-order valence-corrected chi connectivity index (χ4v) is 2.79. The zero-order chi connectivity index (χ0) is 19.2. The predicted octanol–water partition coefficient (Wildman–Crippen LogP) is 5.10. The third-order valence-electron chi connectivity index (χ3n) is 4.14. The molecule has 0 spiro atoms. The van der Waals surface area contributed by atoms with Gasteiger partial charge in [-0.15, -0.1) is 0 Å². The number of nitrogens with one attached hydrogen (secondary N) is 2. The van der Waals surface area contributed by atoms with E-state index in [1.165, 1.54) is 5.56 Å². The first kappa shape index (κ1) is 18.5. The number of anilines is 4. The molecule has 0 unspecified atom stereocenters. The maximum atomic E-state index is 5.34. The maximum absolute atomic E-state index is 5.34. The highest BCUT2D eigenvalue weighted by Gasteiger charge is 2.09. The van der Waals surface area contributed by atoms with Crippen molar-refractivity contribution in [2.24, 2.45) is 0 Å². The summed E-state index contributed by atoms with van der Waals surface area (Å²) >= 11 is 0. The van der Waals surface area contributed by atoms with Gasteiger partial charge in [0.25, 0.3) is 0 Å². The van der Waals surface area contributed by atoms with Gasteiger partial charge in [0.2, 0.25) is 5.95 Å². The highest BCUT2D eigenvalue weighted by molar-refractivity contribution is 5.64. The van der Waals surface area contributed by atoms with Crippen molar-refractivity contribution in [2.45, 2.75) is 19.8 Å². The molecule has 0 saturated heterocycles. The van der Waals surface area contributed by atoms with Crippen LogP contribution in [0.5, 0.6) is 11.5 Å². The zero-order valence-electron chi connectivity index (χ0n) is 16.0. The van der Waals surface area contributed by atoms with E-state index in [1.807, 2.05) is 42.5 Å². The quantitative estimate of drug-likeness (QED) is 0.607. The van der Waals surface area contributed by atoms with Crippen LogP contribution in [0.25, 0.3) is 0 Å². The number of hydrogen-bond acceptors (Lipinski definition) is 6. The third-order valence-corrected chi connectivity index (χ3v) is 4.14. The SMILES string of the molecule is COc1ccc(Nc2ccnc(Nc3ccccc3C(C)C)n2)cc1OC. The summed E-state index contributed by atoms with van der Waals surface area (Å²) in [7, 11) is 3.23. The van der Waals surface area contributed by atoms with Gasteiger partial charge in [-0.1, -0.05) is 32.0 Å². The minimum atomic E-state index is 0.404.